The minimum Gasteiger partial charge on any atom is -0.352 e. The quantitative estimate of drug-likeness (QED) is 0.816. The van der Waals surface area contributed by atoms with Crippen LogP contribution in [0.3, 0.4) is 0 Å². The van der Waals surface area contributed by atoms with E-state index in [9.17, 15) is 9.59 Å². The lowest BCUT2D eigenvalue weighted by Gasteiger charge is -2.16. The van der Waals surface area contributed by atoms with Crippen LogP contribution in [0.4, 0.5) is 0 Å². The Morgan fingerprint density at radius 3 is 2.50 bits per heavy atom. The monoisotopic (exact) mass is 251 g/mol. The number of carbonyl (C=O) groups is 1. The van der Waals surface area contributed by atoms with Gasteiger partial charge in [-0.25, -0.2) is 4.79 Å². The van der Waals surface area contributed by atoms with E-state index in [0.717, 1.165) is 12.8 Å². The van der Waals surface area contributed by atoms with Crippen molar-refractivity contribution >= 4 is 5.91 Å². The Morgan fingerprint density at radius 2 is 1.94 bits per heavy atom. The molecule has 1 aromatic rings. The molecular formula is C13H21N3O2. The summed E-state index contributed by atoms with van der Waals surface area (Å²) in [5, 5.41) is 3.04. The van der Waals surface area contributed by atoms with E-state index < -0.39 is 0 Å². The summed E-state index contributed by atoms with van der Waals surface area (Å²) in [5.74, 6) is -0.0600. The maximum absolute atomic E-state index is 11.9. The van der Waals surface area contributed by atoms with Crippen molar-refractivity contribution in [2.45, 2.75) is 51.1 Å². The van der Waals surface area contributed by atoms with Crippen LogP contribution in [0.25, 0.3) is 0 Å². The Bertz CT molecular complexity index is 453. The summed E-state index contributed by atoms with van der Waals surface area (Å²) in [6.45, 7) is 0.121. The smallest absolute Gasteiger partial charge is 0.328 e. The van der Waals surface area contributed by atoms with Gasteiger partial charge in [-0.15, -0.1) is 0 Å². The van der Waals surface area contributed by atoms with Crippen LogP contribution in [-0.4, -0.2) is 21.1 Å². The first-order valence-electron chi connectivity index (χ1n) is 6.68. The minimum atomic E-state index is -0.147. The first-order valence-corrected chi connectivity index (χ1v) is 6.68. The molecule has 1 aliphatic carbocycles. The summed E-state index contributed by atoms with van der Waals surface area (Å²) < 4.78 is 2.91. The van der Waals surface area contributed by atoms with Gasteiger partial charge in [0.05, 0.1) is 0 Å². The summed E-state index contributed by atoms with van der Waals surface area (Å²) in [7, 11) is 1.68. The molecule has 0 spiro atoms. The van der Waals surface area contributed by atoms with Crippen molar-refractivity contribution in [3.8, 4) is 0 Å². The van der Waals surface area contributed by atoms with Gasteiger partial charge >= 0.3 is 5.69 Å². The van der Waals surface area contributed by atoms with Crippen LogP contribution < -0.4 is 11.0 Å². The predicted octanol–water partition coefficient (Wildman–Crippen LogP) is 1.03. The molecule has 0 bridgehead atoms. The Labute approximate surface area is 107 Å². The van der Waals surface area contributed by atoms with E-state index in [1.807, 2.05) is 0 Å². The molecule has 100 valence electrons. The second kappa shape index (κ2) is 5.89. The second-order valence-electron chi connectivity index (χ2n) is 5.08. The van der Waals surface area contributed by atoms with Gasteiger partial charge in [0.15, 0.2) is 0 Å². The number of amides is 1. The van der Waals surface area contributed by atoms with Gasteiger partial charge in [-0.3, -0.25) is 9.36 Å². The van der Waals surface area contributed by atoms with Crippen molar-refractivity contribution in [3.05, 3.63) is 22.9 Å². The van der Waals surface area contributed by atoms with E-state index in [-0.39, 0.29) is 18.1 Å². The summed E-state index contributed by atoms with van der Waals surface area (Å²) in [6, 6.07) is 0.291. The molecule has 1 saturated carbocycles. The van der Waals surface area contributed by atoms with Gasteiger partial charge in [0.1, 0.15) is 6.54 Å². The highest BCUT2D eigenvalue weighted by Crippen LogP contribution is 2.17. The van der Waals surface area contributed by atoms with Crippen molar-refractivity contribution in [1.29, 1.82) is 0 Å². The highest BCUT2D eigenvalue weighted by molar-refractivity contribution is 5.76. The zero-order valence-electron chi connectivity index (χ0n) is 10.9. The molecule has 1 amide bonds. The molecule has 0 radical (unpaired) electrons. The summed E-state index contributed by atoms with van der Waals surface area (Å²) >= 11 is 0. The zero-order valence-corrected chi connectivity index (χ0v) is 10.9. The molecule has 0 aromatic carbocycles. The number of carbonyl (C=O) groups excluding carboxylic acids is 1. The average molecular weight is 251 g/mol. The Balaban J connectivity index is 1.88. The largest absolute Gasteiger partial charge is 0.352 e. The molecule has 1 heterocycles. The zero-order chi connectivity index (χ0) is 13.0. The van der Waals surface area contributed by atoms with E-state index in [1.165, 1.54) is 34.8 Å². The molecule has 5 heteroatoms. The Kier molecular flexibility index (Phi) is 4.23. The molecule has 1 aromatic heterocycles. The fourth-order valence-corrected chi connectivity index (χ4v) is 2.48. The van der Waals surface area contributed by atoms with Crippen molar-refractivity contribution < 1.29 is 4.79 Å². The van der Waals surface area contributed by atoms with Gasteiger partial charge in [0.25, 0.3) is 0 Å². The number of imidazole rings is 1. The van der Waals surface area contributed by atoms with E-state index >= 15 is 0 Å². The Morgan fingerprint density at radius 1 is 1.28 bits per heavy atom. The molecule has 5 nitrogen and oxygen atoms in total. The van der Waals surface area contributed by atoms with Crippen LogP contribution in [0.15, 0.2) is 17.2 Å². The van der Waals surface area contributed by atoms with Crippen molar-refractivity contribution in [2.75, 3.05) is 0 Å². The normalized spacial score (nSPS) is 17.4. The second-order valence-corrected chi connectivity index (χ2v) is 5.08. The molecule has 2 rings (SSSR count). The highest BCUT2D eigenvalue weighted by Gasteiger charge is 2.15. The standard InChI is InChI=1S/C13H21N3O2/c1-15-8-9-16(13(15)18)10-12(17)14-11-6-4-2-3-5-7-11/h8-9,11H,2-7,10H2,1H3,(H,14,17). The molecule has 1 N–H and O–H groups in total. The van der Waals surface area contributed by atoms with Gasteiger partial charge in [0, 0.05) is 25.5 Å². The molecule has 1 fully saturated rings. The lowest BCUT2D eigenvalue weighted by Crippen LogP contribution is -2.38. The van der Waals surface area contributed by atoms with Gasteiger partial charge in [-0.1, -0.05) is 25.7 Å². The number of nitrogens with zero attached hydrogens (tertiary/aromatic N) is 2. The van der Waals surface area contributed by atoms with Crippen LogP contribution in [-0.2, 0) is 18.4 Å². The van der Waals surface area contributed by atoms with E-state index in [4.69, 9.17) is 0 Å². The number of rotatable bonds is 3. The molecule has 0 unspecified atom stereocenters. The number of hydrogen-bond donors (Lipinski definition) is 1. The van der Waals surface area contributed by atoms with Crippen LogP contribution in [0.2, 0.25) is 0 Å². The molecular weight excluding hydrogens is 230 g/mol. The number of aryl methyl sites for hydroxylation is 1. The maximum atomic E-state index is 11.9. The third-order valence-electron chi connectivity index (χ3n) is 3.55. The molecule has 1 aliphatic rings. The highest BCUT2D eigenvalue weighted by atomic mass is 16.2. The van der Waals surface area contributed by atoms with E-state index in [2.05, 4.69) is 5.32 Å². The van der Waals surface area contributed by atoms with Crippen molar-refractivity contribution in [2.24, 2.45) is 7.05 Å². The molecule has 0 saturated heterocycles. The molecule has 0 aliphatic heterocycles. The number of aromatic nitrogens is 2. The fourth-order valence-electron chi connectivity index (χ4n) is 2.48. The van der Waals surface area contributed by atoms with Crippen molar-refractivity contribution in [3.63, 3.8) is 0 Å². The molecule has 18 heavy (non-hydrogen) atoms. The number of nitrogens with one attached hydrogen (secondary N) is 1. The maximum Gasteiger partial charge on any atom is 0.328 e. The summed E-state index contributed by atoms with van der Waals surface area (Å²) in [4.78, 5) is 23.5. The fraction of sp³-hybridized carbons (Fsp3) is 0.692. The van der Waals surface area contributed by atoms with Crippen LogP contribution in [0.1, 0.15) is 38.5 Å². The number of hydrogen-bond acceptors (Lipinski definition) is 2. The van der Waals surface area contributed by atoms with Gasteiger partial charge < -0.3 is 9.88 Å². The van der Waals surface area contributed by atoms with Gasteiger partial charge in [0.2, 0.25) is 5.91 Å². The Hall–Kier alpha value is -1.52. The van der Waals surface area contributed by atoms with Crippen LogP contribution >= 0.6 is 0 Å². The summed E-state index contributed by atoms with van der Waals surface area (Å²) in [6.07, 6.45) is 10.4. The lowest BCUT2D eigenvalue weighted by atomic mass is 10.1. The van der Waals surface area contributed by atoms with Crippen LogP contribution in [0.5, 0.6) is 0 Å². The first-order chi connectivity index (χ1) is 8.66. The lowest BCUT2D eigenvalue weighted by molar-refractivity contribution is -0.122. The predicted molar refractivity (Wildman–Crippen MR) is 69.3 cm³/mol. The third-order valence-corrected chi connectivity index (χ3v) is 3.55. The van der Waals surface area contributed by atoms with E-state index in [1.54, 1.807) is 19.4 Å². The minimum absolute atomic E-state index is 0.0600. The van der Waals surface area contributed by atoms with E-state index in [0.29, 0.717) is 6.04 Å². The van der Waals surface area contributed by atoms with Gasteiger partial charge in [-0.05, 0) is 12.8 Å². The third kappa shape index (κ3) is 3.24. The molecule has 0 atom stereocenters. The van der Waals surface area contributed by atoms with Crippen molar-refractivity contribution in [1.82, 2.24) is 14.5 Å². The first kappa shape index (κ1) is 12.9. The van der Waals surface area contributed by atoms with Crippen LogP contribution in [0, 0.1) is 0 Å². The average Bonchev–Trinajstić information content (AvgIpc) is 2.60. The SMILES string of the molecule is Cn1ccn(CC(=O)NC2CCCCCC2)c1=O. The van der Waals surface area contributed by atoms with Gasteiger partial charge in [-0.2, -0.15) is 0 Å². The summed E-state index contributed by atoms with van der Waals surface area (Å²) in [5.41, 5.74) is -0.147. The topological polar surface area (TPSA) is 56.0 Å².